The zero-order valence-electron chi connectivity index (χ0n) is 12.8. The highest BCUT2D eigenvalue weighted by molar-refractivity contribution is 5.95. The molecular weight excluding hydrogens is 280 g/mol. The highest BCUT2D eigenvalue weighted by Crippen LogP contribution is 2.33. The molecule has 1 atom stereocenters. The second-order valence-corrected chi connectivity index (χ2v) is 4.91. The molecule has 0 aliphatic heterocycles. The third kappa shape index (κ3) is 3.65. The summed E-state index contributed by atoms with van der Waals surface area (Å²) in [6.45, 7) is 2.00. The first kappa shape index (κ1) is 16.0. The molecular formula is C18H20O4. The van der Waals surface area contributed by atoms with Gasteiger partial charge in [0.25, 0.3) is 0 Å². The molecule has 0 aliphatic carbocycles. The van der Waals surface area contributed by atoms with Crippen LogP contribution in [0.4, 0.5) is 0 Å². The van der Waals surface area contributed by atoms with Gasteiger partial charge >= 0.3 is 5.97 Å². The Morgan fingerprint density at radius 2 is 1.86 bits per heavy atom. The lowest BCUT2D eigenvalue weighted by Crippen LogP contribution is -2.18. The molecule has 2 aromatic carbocycles. The van der Waals surface area contributed by atoms with E-state index >= 15 is 0 Å². The van der Waals surface area contributed by atoms with Crippen LogP contribution in [-0.2, 0) is 4.74 Å². The van der Waals surface area contributed by atoms with Gasteiger partial charge in [-0.1, -0.05) is 49.4 Å². The number of aliphatic hydroxyl groups is 1. The van der Waals surface area contributed by atoms with Gasteiger partial charge in [-0.15, -0.1) is 0 Å². The Hall–Kier alpha value is -2.33. The van der Waals surface area contributed by atoms with Crippen LogP contribution in [0.5, 0.6) is 5.75 Å². The van der Waals surface area contributed by atoms with Crippen LogP contribution in [0.25, 0.3) is 11.1 Å². The Labute approximate surface area is 130 Å². The maximum absolute atomic E-state index is 12.0. The predicted octanol–water partition coefficient (Wildman–Crippen LogP) is 3.29. The van der Waals surface area contributed by atoms with Crippen molar-refractivity contribution < 1.29 is 19.4 Å². The van der Waals surface area contributed by atoms with Gasteiger partial charge in [0, 0.05) is 5.56 Å². The van der Waals surface area contributed by atoms with Crippen LogP contribution in [0.15, 0.2) is 48.5 Å². The van der Waals surface area contributed by atoms with Crippen molar-refractivity contribution in [2.45, 2.75) is 19.4 Å². The van der Waals surface area contributed by atoms with Gasteiger partial charge in [0.05, 0.1) is 13.2 Å². The van der Waals surface area contributed by atoms with E-state index in [0.29, 0.717) is 17.7 Å². The standard InChI is InChI=1S/C18H20O4/c1-3-14(19)12-22-17-15(13-8-5-4-6-9-13)10-7-11-16(17)18(20)21-2/h4-11,14,19H,3,12H2,1-2H3. The van der Waals surface area contributed by atoms with Crippen molar-refractivity contribution in [3.63, 3.8) is 0 Å². The molecule has 4 heteroatoms. The van der Waals surface area contributed by atoms with E-state index in [1.54, 1.807) is 12.1 Å². The number of aliphatic hydroxyl groups excluding tert-OH is 1. The summed E-state index contributed by atoms with van der Waals surface area (Å²) in [7, 11) is 1.34. The van der Waals surface area contributed by atoms with E-state index in [0.717, 1.165) is 11.1 Å². The second kappa shape index (κ2) is 7.61. The van der Waals surface area contributed by atoms with Gasteiger partial charge in [0.2, 0.25) is 0 Å². The van der Waals surface area contributed by atoms with Gasteiger partial charge in [-0.3, -0.25) is 0 Å². The largest absolute Gasteiger partial charge is 0.489 e. The van der Waals surface area contributed by atoms with Gasteiger partial charge in [0.15, 0.2) is 0 Å². The zero-order valence-corrected chi connectivity index (χ0v) is 12.8. The Morgan fingerprint density at radius 1 is 1.14 bits per heavy atom. The van der Waals surface area contributed by atoms with E-state index in [2.05, 4.69) is 0 Å². The van der Waals surface area contributed by atoms with E-state index in [-0.39, 0.29) is 6.61 Å². The molecule has 0 aliphatic rings. The third-order valence-corrected chi connectivity index (χ3v) is 3.40. The summed E-state index contributed by atoms with van der Waals surface area (Å²) in [6.07, 6.45) is 0.00969. The normalized spacial score (nSPS) is 11.8. The molecule has 0 saturated heterocycles. The smallest absolute Gasteiger partial charge is 0.341 e. The SMILES string of the molecule is CCC(O)COc1c(C(=O)OC)cccc1-c1ccccc1. The Morgan fingerprint density at radius 3 is 2.50 bits per heavy atom. The Bertz CT molecular complexity index is 622. The molecule has 0 radical (unpaired) electrons. The van der Waals surface area contributed by atoms with Crippen molar-refractivity contribution in [1.82, 2.24) is 0 Å². The summed E-state index contributed by atoms with van der Waals surface area (Å²) in [5.41, 5.74) is 2.09. The van der Waals surface area contributed by atoms with Crippen molar-refractivity contribution in [3.8, 4) is 16.9 Å². The van der Waals surface area contributed by atoms with E-state index in [4.69, 9.17) is 9.47 Å². The van der Waals surface area contributed by atoms with E-state index in [9.17, 15) is 9.90 Å². The molecule has 4 nitrogen and oxygen atoms in total. The van der Waals surface area contributed by atoms with Crippen molar-refractivity contribution in [1.29, 1.82) is 0 Å². The van der Waals surface area contributed by atoms with E-state index in [1.165, 1.54) is 7.11 Å². The molecule has 2 aromatic rings. The lowest BCUT2D eigenvalue weighted by atomic mass is 10.0. The highest BCUT2D eigenvalue weighted by Gasteiger charge is 2.18. The first-order chi connectivity index (χ1) is 10.7. The number of hydrogen-bond donors (Lipinski definition) is 1. The maximum Gasteiger partial charge on any atom is 0.341 e. The molecule has 0 amide bonds. The fraction of sp³-hybridized carbons (Fsp3) is 0.278. The lowest BCUT2D eigenvalue weighted by molar-refractivity contribution is 0.0588. The molecule has 0 bridgehead atoms. The van der Waals surface area contributed by atoms with Crippen LogP contribution in [0.1, 0.15) is 23.7 Å². The highest BCUT2D eigenvalue weighted by atomic mass is 16.5. The van der Waals surface area contributed by atoms with Gasteiger partial charge in [-0.05, 0) is 18.1 Å². The maximum atomic E-state index is 12.0. The molecule has 1 unspecified atom stereocenters. The molecule has 116 valence electrons. The number of rotatable bonds is 6. The van der Waals surface area contributed by atoms with Crippen LogP contribution in [0, 0.1) is 0 Å². The predicted molar refractivity (Wildman–Crippen MR) is 85.0 cm³/mol. The number of esters is 1. The minimum atomic E-state index is -0.575. The van der Waals surface area contributed by atoms with Crippen LogP contribution in [0.2, 0.25) is 0 Å². The van der Waals surface area contributed by atoms with Gasteiger partial charge in [0.1, 0.15) is 17.9 Å². The monoisotopic (exact) mass is 300 g/mol. The second-order valence-electron chi connectivity index (χ2n) is 4.91. The number of para-hydroxylation sites is 1. The summed E-state index contributed by atoms with van der Waals surface area (Å²) in [4.78, 5) is 12.0. The summed E-state index contributed by atoms with van der Waals surface area (Å²) < 4.78 is 10.6. The van der Waals surface area contributed by atoms with Gasteiger partial charge in [-0.2, -0.15) is 0 Å². The van der Waals surface area contributed by atoms with Gasteiger partial charge in [-0.25, -0.2) is 4.79 Å². The number of methoxy groups -OCH3 is 1. The van der Waals surface area contributed by atoms with Crippen molar-refractivity contribution in [2.24, 2.45) is 0 Å². The lowest BCUT2D eigenvalue weighted by Gasteiger charge is -2.17. The molecule has 1 N–H and O–H groups in total. The zero-order chi connectivity index (χ0) is 15.9. The molecule has 22 heavy (non-hydrogen) atoms. The summed E-state index contributed by atoms with van der Waals surface area (Å²) in [5.74, 6) is -0.0215. The first-order valence-electron chi connectivity index (χ1n) is 7.25. The average Bonchev–Trinajstić information content (AvgIpc) is 2.59. The summed E-state index contributed by atoms with van der Waals surface area (Å²) in [5, 5.41) is 9.73. The van der Waals surface area contributed by atoms with E-state index < -0.39 is 12.1 Å². The molecule has 0 saturated carbocycles. The van der Waals surface area contributed by atoms with Crippen LogP contribution in [-0.4, -0.2) is 30.9 Å². The fourth-order valence-corrected chi connectivity index (χ4v) is 2.11. The minimum absolute atomic E-state index is 0.129. The fourth-order valence-electron chi connectivity index (χ4n) is 2.11. The van der Waals surface area contributed by atoms with E-state index in [1.807, 2.05) is 43.3 Å². The molecule has 0 aromatic heterocycles. The Kier molecular flexibility index (Phi) is 5.55. The topological polar surface area (TPSA) is 55.8 Å². The van der Waals surface area contributed by atoms with Crippen molar-refractivity contribution in [3.05, 3.63) is 54.1 Å². The number of carbonyl (C=O) groups is 1. The first-order valence-corrected chi connectivity index (χ1v) is 7.25. The number of hydrogen-bond acceptors (Lipinski definition) is 4. The number of ether oxygens (including phenoxy) is 2. The van der Waals surface area contributed by atoms with Crippen LogP contribution < -0.4 is 4.74 Å². The number of benzene rings is 2. The number of carbonyl (C=O) groups excluding carboxylic acids is 1. The van der Waals surface area contributed by atoms with Crippen LogP contribution in [0.3, 0.4) is 0 Å². The average molecular weight is 300 g/mol. The molecule has 0 spiro atoms. The quantitative estimate of drug-likeness (QED) is 0.832. The van der Waals surface area contributed by atoms with Crippen molar-refractivity contribution >= 4 is 5.97 Å². The molecule has 0 fully saturated rings. The molecule has 0 heterocycles. The van der Waals surface area contributed by atoms with Crippen LogP contribution >= 0.6 is 0 Å². The Balaban J connectivity index is 2.46. The van der Waals surface area contributed by atoms with Crippen molar-refractivity contribution in [2.75, 3.05) is 13.7 Å². The van der Waals surface area contributed by atoms with Gasteiger partial charge < -0.3 is 14.6 Å². The third-order valence-electron chi connectivity index (χ3n) is 3.40. The molecule has 2 rings (SSSR count). The minimum Gasteiger partial charge on any atom is -0.489 e. The summed E-state index contributed by atoms with van der Waals surface area (Å²) in [6, 6.07) is 15.0. The summed E-state index contributed by atoms with van der Waals surface area (Å²) >= 11 is 0.